The molecule has 20 heavy (non-hydrogen) atoms. The fraction of sp³-hybridized carbons (Fsp3) is 0.200. The van der Waals surface area contributed by atoms with Crippen molar-refractivity contribution in [2.75, 3.05) is 6.61 Å². The summed E-state index contributed by atoms with van der Waals surface area (Å²) in [5.74, 6) is -0.276. The molecule has 0 amide bonds. The minimum atomic E-state index is -0.276. The van der Waals surface area contributed by atoms with Gasteiger partial charge < -0.3 is 4.74 Å². The van der Waals surface area contributed by atoms with Crippen LogP contribution in [0.2, 0.25) is 0 Å². The van der Waals surface area contributed by atoms with Crippen LogP contribution in [0, 0.1) is 3.57 Å². The Morgan fingerprint density at radius 1 is 1.35 bits per heavy atom. The summed E-state index contributed by atoms with van der Waals surface area (Å²) >= 11 is 5.49. The number of carbonyl (C=O) groups excluding carboxylic acids is 1. The summed E-state index contributed by atoms with van der Waals surface area (Å²) in [6.07, 6.45) is 5.23. The summed E-state index contributed by atoms with van der Waals surface area (Å²) in [5.41, 5.74) is 1.75. The zero-order valence-corrected chi connectivity index (χ0v) is 14.4. The molecule has 0 aliphatic carbocycles. The molecule has 1 heterocycles. The molecule has 0 saturated carbocycles. The van der Waals surface area contributed by atoms with Gasteiger partial charge in [0.1, 0.15) is 0 Å². The second-order valence-corrected chi connectivity index (χ2v) is 6.30. The van der Waals surface area contributed by atoms with E-state index in [1.807, 2.05) is 30.5 Å². The molecule has 0 fully saturated rings. The van der Waals surface area contributed by atoms with E-state index in [4.69, 9.17) is 4.74 Å². The number of carbonyl (C=O) groups is 1. The van der Waals surface area contributed by atoms with Gasteiger partial charge >= 0.3 is 5.97 Å². The molecule has 0 spiro atoms. The first-order valence-electron chi connectivity index (χ1n) is 6.18. The van der Waals surface area contributed by atoms with Gasteiger partial charge in [0.05, 0.1) is 12.2 Å². The van der Waals surface area contributed by atoms with E-state index in [2.05, 4.69) is 43.5 Å². The molecule has 0 bridgehead atoms. The molecule has 0 N–H and O–H groups in total. The quantitative estimate of drug-likeness (QED) is 0.392. The highest BCUT2D eigenvalue weighted by Crippen LogP contribution is 2.19. The number of rotatable bonds is 5. The van der Waals surface area contributed by atoms with Gasteiger partial charge in [-0.25, -0.2) is 4.79 Å². The van der Waals surface area contributed by atoms with Gasteiger partial charge in [-0.05, 0) is 65.3 Å². The Kier molecular flexibility index (Phi) is 5.97. The van der Waals surface area contributed by atoms with Crippen LogP contribution in [0.5, 0.6) is 0 Å². The van der Waals surface area contributed by atoms with Gasteiger partial charge in [-0.1, -0.05) is 22.0 Å². The minimum Gasteiger partial charge on any atom is -0.462 e. The maximum absolute atomic E-state index is 12.0. The molecule has 0 radical (unpaired) electrons. The van der Waals surface area contributed by atoms with Crippen molar-refractivity contribution >= 4 is 44.5 Å². The Hall–Kier alpha value is -0.950. The lowest BCUT2D eigenvalue weighted by molar-refractivity contribution is 0.0499. The van der Waals surface area contributed by atoms with Crippen molar-refractivity contribution in [3.8, 4) is 0 Å². The number of pyridine rings is 1. The molecule has 0 aliphatic rings. The number of halogens is 2. The molecule has 1 aromatic carbocycles. The van der Waals surface area contributed by atoms with E-state index in [1.54, 1.807) is 12.3 Å². The normalized spacial score (nSPS) is 10.3. The molecule has 0 aliphatic heterocycles. The van der Waals surface area contributed by atoms with Gasteiger partial charge in [0.25, 0.3) is 0 Å². The van der Waals surface area contributed by atoms with Crippen LogP contribution < -0.4 is 0 Å². The summed E-state index contributed by atoms with van der Waals surface area (Å²) < 4.78 is 7.07. The highest BCUT2D eigenvalue weighted by molar-refractivity contribution is 14.1. The molecule has 104 valence electrons. The van der Waals surface area contributed by atoms with Crippen molar-refractivity contribution in [1.29, 1.82) is 0 Å². The Morgan fingerprint density at radius 2 is 2.20 bits per heavy atom. The predicted molar refractivity (Wildman–Crippen MR) is 89.7 cm³/mol. The minimum absolute atomic E-state index is 0.276. The third-order valence-corrected chi connectivity index (χ3v) is 4.15. The van der Waals surface area contributed by atoms with Crippen molar-refractivity contribution in [1.82, 2.24) is 4.98 Å². The van der Waals surface area contributed by atoms with Crippen LogP contribution >= 0.6 is 38.5 Å². The Labute approximate surface area is 140 Å². The van der Waals surface area contributed by atoms with Crippen LogP contribution in [-0.2, 0) is 11.2 Å². The lowest BCUT2D eigenvalue weighted by Gasteiger charge is -2.07. The van der Waals surface area contributed by atoms with E-state index in [0.717, 1.165) is 26.4 Å². The molecule has 2 rings (SSSR count). The summed E-state index contributed by atoms with van der Waals surface area (Å²) in [4.78, 5) is 16.0. The number of hydrogen-bond acceptors (Lipinski definition) is 3. The zero-order valence-electron chi connectivity index (χ0n) is 10.7. The fourth-order valence-electron chi connectivity index (χ4n) is 1.72. The fourth-order valence-corrected chi connectivity index (χ4v) is 2.64. The third kappa shape index (κ3) is 4.56. The molecule has 1 aromatic heterocycles. The first kappa shape index (κ1) is 15.4. The lowest BCUT2D eigenvalue weighted by atomic mass is 10.2. The van der Waals surface area contributed by atoms with E-state index in [0.29, 0.717) is 12.2 Å². The predicted octanol–water partition coefficient (Wildman–Crippen LogP) is 4.24. The Bertz CT molecular complexity index is 590. The number of benzene rings is 1. The number of aryl methyl sites for hydroxylation is 1. The van der Waals surface area contributed by atoms with E-state index in [9.17, 15) is 4.79 Å². The largest absolute Gasteiger partial charge is 0.462 e. The van der Waals surface area contributed by atoms with Gasteiger partial charge in [-0.3, -0.25) is 4.98 Å². The monoisotopic (exact) mass is 445 g/mol. The van der Waals surface area contributed by atoms with Gasteiger partial charge in [0, 0.05) is 20.4 Å². The van der Waals surface area contributed by atoms with Gasteiger partial charge in [0.2, 0.25) is 0 Å². The van der Waals surface area contributed by atoms with Gasteiger partial charge in [0.15, 0.2) is 0 Å². The molecular formula is C15H13BrINO2. The van der Waals surface area contributed by atoms with Crippen LogP contribution in [0.4, 0.5) is 0 Å². The van der Waals surface area contributed by atoms with Crippen molar-refractivity contribution in [2.24, 2.45) is 0 Å². The summed E-state index contributed by atoms with van der Waals surface area (Å²) in [6.45, 7) is 0.413. The first-order chi connectivity index (χ1) is 9.66. The Balaban J connectivity index is 1.82. The van der Waals surface area contributed by atoms with Crippen LogP contribution in [0.15, 0.2) is 47.2 Å². The molecular weight excluding hydrogens is 433 g/mol. The third-order valence-electron chi connectivity index (χ3n) is 2.71. The number of nitrogens with zero attached hydrogens (tertiary/aromatic N) is 1. The van der Waals surface area contributed by atoms with Gasteiger partial charge in [-0.15, -0.1) is 0 Å². The number of ether oxygens (including phenoxy) is 1. The van der Waals surface area contributed by atoms with Crippen molar-refractivity contribution in [2.45, 2.75) is 12.8 Å². The van der Waals surface area contributed by atoms with Crippen LogP contribution in [0.25, 0.3) is 0 Å². The summed E-state index contributed by atoms with van der Waals surface area (Å²) in [5, 5.41) is 0. The zero-order chi connectivity index (χ0) is 14.4. The van der Waals surface area contributed by atoms with E-state index < -0.39 is 0 Å². The Morgan fingerprint density at radius 3 is 2.95 bits per heavy atom. The summed E-state index contributed by atoms with van der Waals surface area (Å²) in [6, 6.07) is 9.50. The number of hydrogen-bond donors (Lipinski definition) is 0. The second-order valence-electron chi connectivity index (χ2n) is 4.22. The van der Waals surface area contributed by atoms with Crippen molar-refractivity contribution in [3.05, 3.63) is 61.9 Å². The topological polar surface area (TPSA) is 39.2 Å². The highest BCUT2D eigenvalue weighted by atomic mass is 127. The number of aromatic nitrogens is 1. The van der Waals surface area contributed by atoms with E-state index in [-0.39, 0.29) is 5.97 Å². The van der Waals surface area contributed by atoms with Gasteiger partial charge in [-0.2, -0.15) is 0 Å². The maximum atomic E-state index is 12.0. The van der Waals surface area contributed by atoms with Crippen LogP contribution in [-0.4, -0.2) is 17.6 Å². The lowest BCUT2D eigenvalue weighted by Crippen LogP contribution is -2.09. The SMILES string of the molecule is O=C(OCCCc1cccnc1)c1cc(Br)ccc1I. The highest BCUT2D eigenvalue weighted by Gasteiger charge is 2.11. The number of esters is 1. The molecule has 0 atom stereocenters. The van der Waals surface area contributed by atoms with E-state index in [1.165, 1.54) is 0 Å². The second kappa shape index (κ2) is 7.73. The van der Waals surface area contributed by atoms with Crippen molar-refractivity contribution < 1.29 is 9.53 Å². The average molecular weight is 446 g/mol. The molecule has 0 saturated heterocycles. The smallest absolute Gasteiger partial charge is 0.339 e. The summed E-state index contributed by atoms with van der Waals surface area (Å²) in [7, 11) is 0. The molecule has 0 unspecified atom stereocenters. The van der Waals surface area contributed by atoms with Crippen molar-refractivity contribution in [3.63, 3.8) is 0 Å². The first-order valence-corrected chi connectivity index (χ1v) is 8.05. The standard InChI is InChI=1S/C15H13BrINO2/c16-12-5-6-14(17)13(9-12)15(19)20-8-2-4-11-3-1-7-18-10-11/h1,3,5-7,9-10H,2,4,8H2. The molecule has 3 nitrogen and oxygen atoms in total. The van der Waals surface area contributed by atoms with E-state index >= 15 is 0 Å². The van der Waals surface area contributed by atoms with Crippen LogP contribution in [0.3, 0.4) is 0 Å². The van der Waals surface area contributed by atoms with Crippen LogP contribution in [0.1, 0.15) is 22.3 Å². The maximum Gasteiger partial charge on any atom is 0.339 e. The molecule has 5 heteroatoms. The molecule has 2 aromatic rings. The average Bonchev–Trinajstić information content (AvgIpc) is 2.47.